The number of likely N-dealkylation sites (tertiary alicyclic amines) is 2. The van der Waals surface area contributed by atoms with E-state index < -0.39 is 17.9 Å². The Kier molecular flexibility index (Phi) is 4.30. The monoisotopic (exact) mass is 282 g/mol. The molecule has 1 N–H and O–H groups in total. The van der Waals surface area contributed by atoms with Crippen molar-refractivity contribution < 1.29 is 19.5 Å². The van der Waals surface area contributed by atoms with Crippen LogP contribution in [0.2, 0.25) is 0 Å². The van der Waals surface area contributed by atoms with E-state index in [4.69, 9.17) is 5.11 Å². The summed E-state index contributed by atoms with van der Waals surface area (Å²) in [5.41, 5.74) is 0. The highest BCUT2D eigenvalue weighted by atomic mass is 16.4. The van der Waals surface area contributed by atoms with Gasteiger partial charge < -0.3 is 14.9 Å². The van der Waals surface area contributed by atoms with E-state index in [-0.39, 0.29) is 24.3 Å². The van der Waals surface area contributed by atoms with E-state index in [2.05, 4.69) is 0 Å². The maximum Gasteiger partial charge on any atom is 0.308 e. The summed E-state index contributed by atoms with van der Waals surface area (Å²) < 4.78 is 0. The third-order valence-corrected chi connectivity index (χ3v) is 4.18. The van der Waals surface area contributed by atoms with Gasteiger partial charge in [-0.05, 0) is 18.8 Å². The molecule has 0 bridgehead atoms. The van der Waals surface area contributed by atoms with Gasteiger partial charge in [-0.15, -0.1) is 0 Å². The minimum absolute atomic E-state index is 0.0334. The summed E-state index contributed by atoms with van der Waals surface area (Å²) in [6.07, 6.45) is 1.81. The maximum atomic E-state index is 12.6. The Morgan fingerprint density at radius 2 is 2.00 bits per heavy atom. The zero-order valence-corrected chi connectivity index (χ0v) is 12.0. The molecule has 0 spiro atoms. The Bertz CT molecular complexity index is 421. The topological polar surface area (TPSA) is 77.9 Å². The van der Waals surface area contributed by atoms with Crippen molar-refractivity contribution in [1.29, 1.82) is 0 Å². The van der Waals surface area contributed by atoms with E-state index in [0.29, 0.717) is 25.9 Å². The first-order chi connectivity index (χ1) is 9.41. The molecule has 2 aliphatic rings. The summed E-state index contributed by atoms with van der Waals surface area (Å²) in [5.74, 6) is -1.35. The van der Waals surface area contributed by atoms with Gasteiger partial charge in [0.1, 0.15) is 6.04 Å². The predicted octanol–water partition coefficient (Wildman–Crippen LogP) is 0.566. The van der Waals surface area contributed by atoms with Gasteiger partial charge in [-0.2, -0.15) is 0 Å². The molecule has 2 aliphatic heterocycles. The number of carbonyl (C=O) groups is 3. The lowest BCUT2D eigenvalue weighted by Gasteiger charge is -2.33. The lowest BCUT2D eigenvalue weighted by molar-refractivity contribution is -0.145. The normalized spacial score (nSPS) is 24.6. The van der Waals surface area contributed by atoms with Crippen molar-refractivity contribution in [1.82, 2.24) is 9.80 Å². The number of aliphatic carboxylic acids is 1. The van der Waals surface area contributed by atoms with E-state index in [1.807, 2.05) is 13.8 Å². The Balaban J connectivity index is 2.08. The Hall–Kier alpha value is -1.59. The largest absolute Gasteiger partial charge is 0.481 e. The van der Waals surface area contributed by atoms with E-state index in [0.717, 1.165) is 6.42 Å². The second kappa shape index (κ2) is 5.81. The maximum absolute atomic E-state index is 12.6. The molecule has 0 aromatic rings. The van der Waals surface area contributed by atoms with Crippen LogP contribution in [0.5, 0.6) is 0 Å². The van der Waals surface area contributed by atoms with Gasteiger partial charge in [-0.1, -0.05) is 13.8 Å². The molecular weight excluding hydrogens is 260 g/mol. The van der Waals surface area contributed by atoms with Crippen LogP contribution in [-0.4, -0.2) is 58.4 Å². The number of hydrogen-bond acceptors (Lipinski definition) is 3. The number of amides is 2. The molecule has 112 valence electrons. The Morgan fingerprint density at radius 1 is 1.30 bits per heavy atom. The first-order valence-electron chi connectivity index (χ1n) is 7.23. The van der Waals surface area contributed by atoms with Gasteiger partial charge >= 0.3 is 5.97 Å². The summed E-state index contributed by atoms with van der Waals surface area (Å²) in [5, 5.41) is 9.01. The highest BCUT2D eigenvalue weighted by molar-refractivity contribution is 5.89. The van der Waals surface area contributed by atoms with Gasteiger partial charge in [-0.25, -0.2) is 0 Å². The molecule has 0 aliphatic carbocycles. The van der Waals surface area contributed by atoms with Gasteiger partial charge in [0, 0.05) is 26.1 Å². The van der Waals surface area contributed by atoms with Crippen LogP contribution in [0.3, 0.4) is 0 Å². The van der Waals surface area contributed by atoms with Crippen LogP contribution in [0.15, 0.2) is 0 Å². The first kappa shape index (κ1) is 14.8. The molecule has 6 nitrogen and oxygen atoms in total. The van der Waals surface area contributed by atoms with Crippen molar-refractivity contribution in [3.05, 3.63) is 0 Å². The quantitative estimate of drug-likeness (QED) is 0.817. The standard InChI is InChI=1S/C14H22N2O4/c1-9(2)12(16-6-3-4-11(16)17)13(18)15-7-5-10(8-15)14(19)20/h9-10,12H,3-8H2,1-2H3,(H,19,20)/t10-,12+/m1/s1. The third-order valence-electron chi connectivity index (χ3n) is 4.18. The minimum atomic E-state index is -0.848. The van der Waals surface area contributed by atoms with Crippen LogP contribution in [-0.2, 0) is 14.4 Å². The van der Waals surface area contributed by atoms with Crippen LogP contribution in [0.25, 0.3) is 0 Å². The lowest BCUT2D eigenvalue weighted by atomic mass is 10.0. The van der Waals surface area contributed by atoms with E-state index >= 15 is 0 Å². The average Bonchev–Trinajstić information content (AvgIpc) is 2.98. The van der Waals surface area contributed by atoms with Crippen LogP contribution < -0.4 is 0 Å². The molecule has 2 atom stereocenters. The fraction of sp³-hybridized carbons (Fsp3) is 0.786. The molecular formula is C14H22N2O4. The molecule has 2 fully saturated rings. The SMILES string of the molecule is CC(C)[C@@H](C(=O)N1CC[C@@H](C(=O)O)C1)N1CCCC1=O. The molecule has 2 heterocycles. The average molecular weight is 282 g/mol. The number of carbonyl (C=O) groups excluding carboxylic acids is 2. The van der Waals surface area contributed by atoms with Crippen LogP contribution in [0.1, 0.15) is 33.1 Å². The number of hydrogen-bond donors (Lipinski definition) is 1. The molecule has 0 saturated carbocycles. The summed E-state index contributed by atoms with van der Waals surface area (Å²) in [6, 6.07) is -0.447. The van der Waals surface area contributed by atoms with Crippen LogP contribution in [0.4, 0.5) is 0 Å². The molecule has 2 amide bonds. The lowest BCUT2D eigenvalue weighted by Crippen LogP contribution is -2.51. The first-order valence-corrected chi connectivity index (χ1v) is 7.23. The smallest absolute Gasteiger partial charge is 0.308 e. The molecule has 0 aromatic heterocycles. The van der Waals surface area contributed by atoms with Crippen molar-refractivity contribution in [2.24, 2.45) is 11.8 Å². The highest BCUT2D eigenvalue weighted by Crippen LogP contribution is 2.24. The Morgan fingerprint density at radius 3 is 2.45 bits per heavy atom. The van der Waals surface area contributed by atoms with E-state index in [1.54, 1.807) is 9.80 Å². The van der Waals surface area contributed by atoms with Crippen molar-refractivity contribution in [2.75, 3.05) is 19.6 Å². The van der Waals surface area contributed by atoms with E-state index in [1.165, 1.54) is 0 Å². The molecule has 20 heavy (non-hydrogen) atoms. The molecule has 0 unspecified atom stereocenters. The van der Waals surface area contributed by atoms with Gasteiger partial charge in [0.2, 0.25) is 11.8 Å². The van der Waals surface area contributed by atoms with Gasteiger partial charge in [0.15, 0.2) is 0 Å². The summed E-state index contributed by atoms with van der Waals surface area (Å²) >= 11 is 0. The predicted molar refractivity (Wildman–Crippen MR) is 71.9 cm³/mol. The summed E-state index contributed by atoms with van der Waals surface area (Å²) in [6.45, 7) is 5.22. The number of carboxylic acids is 1. The zero-order valence-electron chi connectivity index (χ0n) is 12.0. The van der Waals surface area contributed by atoms with Crippen LogP contribution in [0, 0.1) is 11.8 Å². The highest BCUT2D eigenvalue weighted by Gasteiger charge is 2.40. The third kappa shape index (κ3) is 2.78. The van der Waals surface area contributed by atoms with Gasteiger partial charge in [0.05, 0.1) is 5.92 Å². The van der Waals surface area contributed by atoms with Crippen LogP contribution >= 0.6 is 0 Å². The zero-order chi connectivity index (χ0) is 14.9. The van der Waals surface area contributed by atoms with Gasteiger partial charge in [-0.3, -0.25) is 14.4 Å². The fourth-order valence-corrected chi connectivity index (χ4v) is 3.09. The van der Waals surface area contributed by atoms with Crippen molar-refractivity contribution in [3.8, 4) is 0 Å². The number of rotatable bonds is 4. The van der Waals surface area contributed by atoms with Crippen molar-refractivity contribution in [2.45, 2.75) is 39.2 Å². The molecule has 0 aromatic carbocycles. The second-order valence-corrected chi connectivity index (χ2v) is 5.99. The molecule has 2 rings (SSSR count). The number of carboxylic acid groups (broad SMARTS) is 1. The Labute approximate surface area is 118 Å². The second-order valence-electron chi connectivity index (χ2n) is 5.99. The number of nitrogens with zero attached hydrogens (tertiary/aromatic N) is 2. The van der Waals surface area contributed by atoms with E-state index in [9.17, 15) is 14.4 Å². The van der Waals surface area contributed by atoms with Crippen molar-refractivity contribution in [3.63, 3.8) is 0 Å². The minimum Gasteiger partial charge on any atom is -0.481 e. The summed E-state index contributed by atoms with van der Waals surface area (Å²) in [4.78, 5) is 38.8. The fourth-order valence-electron chi connectivity index (χ4n) is 3.09. The molecule has 2 saturated heterocycles. The van der Waals surface area contributed by atoms with Crippen molar-refractivity contribution >= 4 is 17.8 Å². The molecule has 6 heteroatoms. The summed E-state index contributed by atoms with van der Waals surface area (Å²) in [7, 11) is 0. The van der Waals surface area contributed by atoms with Gasteiger partial charge in [0.25, 0.3) is 0 Å². The molecule has 0 radical (unpaired) electrons.